The van der Waals surface area contributed by atoms with Crippen molar-refractivity contribution in [1.82, 2.24) is 14.8 Å². The third kappa shape index (κ3) is 3.43. The molecular formula is C17H18BrN5. The minimum absolute atomic E-state index is 0.215. The summed E-state index contributed by atoms with van der Waals surface area (Å²) in [7, 11) is 0. The Bertz CT molecular complexity index is 734. The van der Waals surface area contributed by atoms with Crippen LogP contribution in [0.5, 0.6) is 0 Å². The van der Waals surface area contributed by atoms with Crippen molar-refractivity contribution >= 4 is 15.9 Å². The lowest BCUT2D eigenvalue weighted by molar-refractivity contribution is 0.643. The highest BCUT2D eigenvalue weighted by molar-refractivity contribution is 9.09. The van der Waals surface area contributed by atoms with Crippen LogP contribution in [-0.4, -0.2) is 14.8 Å². The fraction of sp³-hybridized carbons (Fsp3) is 0.412. The molecular weight excluding hydrogens is 354 g/mol. The van der Waals surface area contributed by atoms with Crippen molar-refractivity contribution in [2.24, 2.45) is 0 Å². The minimum Gasteiger partial charge on any atom is -0.235 e. The Morgan fingerprint density at radius 2 is 1.57 bits per heavy atom. The smallest absolute Gasteiger partial charge is 0.137 e. The van der Waals surface area contributed by atoms with Crippen molar-refractivity contribution in [3.8, 4) is 12.1 Å². The first kappa shape index (κ1) is 17.2. The van der Waals surface area contributed by atoms with E-state index >= 15 is 0 Å². The lowest BCUT2D eigenvalue weighted by Gasteiger charge is -2.24. The van der Waals surface area contributed by atoms with Gasteiger partial charge in [-0.2, -0.15) is 15.6 Å². The van der Waals surface area contributed by atoms with Crippen molar-refractivity contribution in [2.75, 3.05) is 0 Å². The van der Waals surface area contributed by atoms with Crippen LogP contribution in [0.25, 0.3) is 0 Å². The molecule has 0 radical (unpaired) electrons. The average molecular weight is 372 g/mol. The van der Waals surface area contributed by atoms with Gasteiger partial charge in [0, 0.05) is 0 Å². The monoisotopic (exact) mass is 371 g/mol. The maximum absolute atomic E-state index is 9.46. The molecule has 6 heteroatoms. The highest BCUT2D eigenvalue weighted by atomic mass is 79.9. The molecule has 1 unspecified atom stereocenters. The standard InChI is InChI=1S/C17H18BrN5/c1-16(2,8-19)13-5-12(15(18)23-11-21-10-22-23)6-14(7-13)17(3,4)9-20/h5-7,10-11,15H,1-4H3. The maximum atomic E-state index is 9.46. The fourth-order valence-corrected chi connectivity index (χ4v) is 2.60. The quantitative estimate of drug-likeness (QED) is 0.765. The van der Waals surface area contributed by atoms with Gasteiger partial charge in [0.25, 0.3) is 0 Å². The van der Waals surface area contributed by atoms with Crippen LogP contribution in [0.3, 0.4) is 0 Å². The second-order valence-corrected chi connectivity index (χ2v) is 7.40. The Hall–Kier alpha value is -2.18. The van der Waals surface area contributed by atoms with E-state index in [1.807, 2.05) is 45.9 Å². The molecule has 1 heterocycles. The summed E-state index contributed by atoms with van der Waals surface area (Å²) in [5.74, 6) is 0. The molecule has 1 aromatic carbocycles. The number of hydrogen-bond acceptors (Lipinski definition) is 4. The van der Waals surface area contributed by atoms with Crippen molar-refractivity contribution in [2.45, 2.75) is 43.5 Å². The SMILES string of the molecule is CC(C)(C#N)c1cc(C(Br)n2cncn2)cc(C(C)(C)C#N)c1. The van der Waals surface area contributed by atoms with Crippen LogP contribution in [0.2, 0.25) is 0 Å². The summed E-state index contributed by atoms with van der Waals surface area (Å²) in [5.41, 5.74) is 1.38. The number of nitriles is 2. The lowest BCUT2D eigenvalue weighted by atomic mass is 9.79. The van der Waals surface area contributed by atoms with Crippen molar-refractivity contribution < 1.29 is 0 Å². The minimum atomic E-state index is -0.647. The molecule has 1 atom stereocenters. The van der Waals surface area contributed by atoms with Crippen molar-refractivity contribution in [3.63, 3.8) is 0 Å². The number of alkyl halides is 1. The first-order valence-corrected chi connectivity index (χ1v) is 8.09. The highest BCUT2D eigenvalue weighted by Gasteiger charge is 2.27. The number of rotatable bonds is 4. The molecule has 2 rings (SSSR count). The normalized spacial score (nSPS) is 13.2. The molecule has 0 amide bonds. The lowest BCUT2D eigenvalue weighted by Crippen LogP contribution is -2.20. The van der Waals surface area contributed by atoms with Crippen molar-refractivity contribution in [1.29, 1.82) is 10.5 Å². The molecule has 2 aromatic rings. The van der Waals surface area contributed by atoms with Gasteiger partial charge in [0.1, 0.15) is 17.6 Å². The summed E-state index contributed by atoms with van der Waals surface area (Å²) in [5, 5.41) is 23.1. The van der Waals surface area contributed by atoms with Gasteiger partial charge in [-0.25, -0.2) is 9.67 Å². The summed E-state index contributed by atoms with van der Waals surface area (Å²) >= 11 is 3.61. The van der Waals surface area contributed by atoms with Gasteiger partial charge in [-0.1, -0.05) is 34.1 Å². The van der Waals surface area contributed by atoms with E-state index in [2.05, 4.69) is 38.2 Å². The van der Waals surface area contributed by atoms with Crippen LogP contribution in [0.4, 0.5) is 0 Å². The Labute approximate surface area is 144 Å². The van der Waals surface area contributed by atoms with E-state index in [9.17, 15) is 10.5 Å². The van der Waals surface area contributed by atoms with E-state index in [0.717, 1.165) is 16.7 Å². The molecule has 1 aromatic heterocycles. The van der Waals surface area contributed by atoms with Gasteiger partial charge in [0.2, 0.25) is 0 Å². The van der Waals surface area contributed by atoms with E-state index in [4.69, 9.17) is 0 Å². The molecule has 0 fully saturated rings. The Morgan fingerprint density at radius 3 is 1.96 bits per heavy atom. The summed E-state index contributed by atoms with van der Waals surface area (Å²) in [6.45, 7) is 7.48. The predicted molar refractivity (Wildman–Crippen MR) is 90.8 cm³/mol. The average Bonchev–Trinajstić information content (AvgIpc) is 3.08. The molecule has 0 spiro atoms. The van der Waals surface area contributed by atoms with Gasteiger partial charge in [-0.05, 0) is 44.4 Å². The number of benzene rings is 1. The van der Waals surface area contributed by atoms with Crippen molar-refractivity contribution in [3.05, 3.63) is 47.5 Å². The predicted octanol–water partition coefficient (Wildman–Crippen LogP) is 3.82. The molecule has 118 valence electrons. The molecule has 0 aliphatic rings. The summed E-state index contributed by atoms with van der Waals surface area (Å²) in [6, 6.07) is 10.5. The zero-order valence-electron chi connectivity index (χ0n) is 13.6. The summed E-state index contributed by atoms with van der Waals surface area (Å²) < 4.78 is 1.68. The van der Waals surface area contributed by atoms with Crippen LogP contribution in [0.15, 0.2) is 30.9 Å². The number of aromatic nitrogens is 3. The zero-order chi connectivity index (χ0) is 17.3. The van der Waals surface area contributed by atoms with Crippen LogP contribution < -0.4 is 0 Å². The zero-order valence-corrected chi connectivity index (χ0v) is 15.2. The van der Waals surface area contributed by atoms with E-state index in [0.29, 0.717) is 0 Å². The van der Waals surface area contributed by atoms with Gasteiger partial charge in [0.05, 0.1) is 23.0 Å². The third-order valence-electron chi connectivity index (χ3n) is 3.90. The fourth-order valence-electron chi connectivity index (χ4n) is 2.13. The molecule has 0 N–H and O–H groups in total. The number of hydrogen-bond donors (Lipinski definition) is 0. The van der Waals surface area contributed by atoms with Crippen LogP contribution >= 0.6 is 15.9 Å². The second-order valence-electron chi connectivity index (χ2n) is 6.53. The molecule has 0 aliphatic heterocycles. The first-order chi connectivity index (χ1) is 10.7. The topological polar surface area (TPSA) is 78.3 Å². The Kier molecular flexibility index (Phi) is 4.58. The van der Waals surface area contributed by atoms with Crippen LogP contribution in [0.1, 0.15) is 49.3 Å². The van der Waals surface area contributed by atoms with E-state index in [1.54, 1.807) is 11.0 Å². The van der Waals surface area contributed by atoms with Gasteiger partial charge < -0.3 is 0 Å². The van der Waals surface area contributed by atoms with Gasteiger partial charge >= 0.3 is 0 Å². The molecule has 5 nitrogen and oxygen atoms in total. The van der Waals surface area contributed by atoms with Gasteiger partial charge in [-0.15, -0.1) is 0 Å². The molecule has 0 aliphatic carbocycles. The summed E-state index contributed by atoms with van der Waals surface area (Å²) in [6.07, 6.45) is 3.09. The first-order valence-electron chi connectivity index (χ1n) is 7.18. The van der Waals surface area contributed by atoms with E-state index in [-0.39, 0.29) is 4.95 Å². The Balaban J connectivity index is 2.64. The highest BCUT2D eigenvalue weighted by Crippen LogP contribution is 2.34. The Morgan fingerprint density at radius 1 is 1.04 bits per heavy atom. The van der Waals surface area contributed by atoms with Gasteiger partial charge in [-0.3, -0.25) is 0 Å². The maximum Gasteiger partial charge on any atom is 0.137 e. The molecule has 0 bridgehead atoms. The molecule has 0 saturated carbocycles. The molecule has 23 heavy (non-hydrogen) atoms. The third-order valence-corrected chi connectivity index (χ3v) is 4.85. The van der Waals surface area contributed by atoms with Crippen LogP contribution in [0, 0.1) is 22.7 Å². The van der Waals surface area contributed by atoms with E-state index < -0.39 is 10.8 Å². The number of halogens is 1. The van der Waals surface area contributed by atoms with Crippen LogP contribution in [-0.2, 0) is 10.8 Å². The van der Waals surface area contributed by atoms with Gasteiger partial charge in [0.15, 0.2) is 0 Å². The summed E-state index contributed by atoms with van der Waals surface area (Å²) in [4.78, 5) is 3.75. The number of nitrogens with zero attached hydrogens (tertiary/aromatic N) is 5. The van der Waals surface area contributed by atoms with E-state index in [1.165, 1.54) is 6.33 Å². The largest absolute Gasteiger partial charge is 0.235 e. The second kappa shape index (κ2) is 6.14. The molecule has 0 saturated heterocycles.